The van der Waals surface area contributed by atoms with Gasteiger partial charge in [-0.15, -0.1) is 0 Å². The third-order valence-electron chi connectivity index (χ3n) is 2.92. The van der Waals surface area contributed by atoms with Gasteiger partial charge in [0.25, 0.3) is 0 Å². The van der Waals surface area contributed by atoms with Crippen molar-refractivity contribution in [2.24, 2.45) is 0 Å². The Morgan fingerprint density at radius 3 is 2.60 bits per heavy atom. The molecule has 6 nitrogen and oxygen atoms in total. The van der Waals surface area contributed by atoms with Crippen LogP contribution in [-0.2, 0) is 10.0 Å². The normalized spacial score (nSPS) is 13.7. The summed E-state index contributed by atoms with van der Waals surface area (Å²) in [7, 11) is -3.67. The van der Waals surface area contributed by atoms with Crippen LogP contribution < -0.4 is 10.5 Å². The Balaban J connectivity index is 2.87. The van der Waals surface area contributed by atoms with Crippen molar-refractivity contribution in [2.75, 3.05) is 25.4 Å². The molecule has 114 valence electrons. The number of nitrogens with zero attached hydrogens (tertiary/aromatic N) is 2. The van der Waals surface area contributed by atoms with Crippen molar-refractivity contribution in [3.05, 3.63) is 16.7 Å². The first-order valence-electron chi connectivity index (χ1n) is 6.45. The minimum absolute atomic E-state index is 0.00160. The number of nitrogen functional groups attached to an aromatic ring is 1. The van der Waals surface area contributed by atoms with Crippen molar-refractivity contribution < 1.29 is 8.42 Å². The third kappa shape index (κ3) is 4.69. The van der Waals surface area contributed by atoms with E-state index in [-0.39, 0.29) is 16.8 Å². The summed E-state index contributed by atoms with van der Waals surface area (Å²) in [5.74, 6) is -0.00395. The van der Waals surface area contributed by atoms with Crippen LogP contribution in [0.4, 0.5) is 5.82 Å². The average molecular weight is 365 g/mol. The molecule has 1 rings (SSSR count). The monoisotopic (exact) mass is 364 g/mol. The molecule has 0 aliphatic rings. The lowest BCUT2D eigenvalue weighted by Gasteiger charge is -2.23. The van der Waals surface area contributed by atoms with E-state index in [1.165, 1.54) is 12.3 Å². The van der Waals surface area contributed by atoms with Crippen molar-refractivity contribution >= 4 is 31.8 Å². The van der Waals surface area contributed by atoms with Gasteiger partial charge in [0, 0.05) is 23.3 Å². The minimum Gasteiger partial charge on any atom is -0.383 e. The van der Waals surface area contributed by atoms with E-state index in [1.807, 2.05) is 20.8 Å². The van der Waals surface area contributed by atoms with Crippen molar-refractivity contribution in [1.82, 2.24) is 14.6 Å². The number of likely N-dealkylation sites (N-methyl/N-ethyl adjacent to an activating group) is 1. The lowest BCUT2D eigenvalue weighted by atomic mass is 10.3. The first-order chi connectivity index (χ1) is 9.30. The number of sulfonamides is 1. The number of aromatic nitrogens is 1. The molecule has 0 aliphatic heterocycles. The van der Waals surface area contributed by atoms with Crippen LogP contribution in [0.3, 0.4) is 0 Å². The Morgan fingerprint density at radius 2 is 2.05 bits per heavy atom. The first-order valence-corrected chi connectivity index (χ1v) is 8.73. The molecular formula is C12H21BrN4O2S. The molecule has 3 N–H and O–H groups in total. The summed E-state index contributed by atoms with van der Waals surface area (Å²) in [5.41, 5.74) is 5.64. The van der Waals surface area contributed by atoms with E-state index in [1.54, 1.807) is 0 Å². The van der Waals surface area contributed by atoms with Crippen LogP contribution in [-0.4, -0.2) is 44.0 Å². The quantitative estimate of drug-likeness (QED) is 0.763. The van der Waals surface area contributed by atoms with Gasteiger partial charge in [-0.25, -0.2) is 18.1 Å². The predicted molar refractivity (Wildman–Crippen MR) is 83.9 cm³/mol. The summed E-state index contributed by atoms with van der Waals surface area (Å²) < 4.78 is 27.8. The molecule has 1 heterocycles. The van der Waals surface area contributed by atoms with Gasteiger partial charge in [0.1, 0.15) is 10.7 Å². The largest absolute Gasteiger partial charge is 0.383 e. The Hall–Kier alpha value is -0.700. The van der Waals surface area contributed by atoms with Gasteiger partial charge >= 0.3 is 0 Å². The Labute approximate surface area is 128 Å². The standard InChI is InChI=1S/C12H21BrN4O2S/c1-4-17(5-2)8-9(3)16-20(18,19)11-6-10(13)7-15-12(11)14/h6-7,9,16H,4-5,8H2,1-3H3,(H2,14,15). The second-order valence-corrected chi connectivity index (χ2v) is 7.14. The highest BCUT2D eigenvalue weighted by molar-refractivity contribution is 9.10. The second kappa shape index (κ2) is 7.35. The van der Waals surface area contributed by atoms with Crippen LogP contribution in [0.25, 0.3) is 0 Å². The first kappa shape index (κ1) is 17.4. The van der Waals surface area contributed by atoms with Crippen molar-refractivity contribution in [3.63, 3.8) is 0 Å². The van der Waals surface area contributed by atoms with Crippen LogP contribution >= 0.6 is 15.9 Å². The molecule has 8 heteroatoms. The highest BCUT2D eigenvalue weighted by atomic mass is 79.9. The van der Waals surface area contributed by atoms with E-state index in [0.29, 0.717) is 11.0 Å². The van der Waals surface area contributed by atoms with Gasteiger partial charge in [-0.05, 0) is 42.0 Å². The molecule has 1 aromatic rings. The maximum atomic E-state index is 12.3. The minimum atomic E-state index is -3.67. The van der Waals surface area contributed by atoms with Crippen molar-refractivity contribution in [1.29, 1.82) is 0 Å². The fraction of sp³-hybridized carbons (Fsp3) is 0.583. The molecule has 0 aliphatic carbocycles. The SMILES string of the molecule is CCN(CC)CC(C)NS(=O)(=O)c1cc(Br)cnc1N. The van der Waals surface area contributed by atoms with Gasteiger partial charge in [-0.2, -0.15) is 0 Å². The lowest BCUT2D eigenvalue weighted by molar-refractivity contribution is 0.282. The van der Waals surface area contributed by atoms with Gasteiger partial charge in [0.15, 0.2) is 0 Å². The molecule has 1 atom stereocenters. The summed E-state index contributed by atoms with van der Waals surface area (Å²) in [6.07, 6.45) is 1.47. The van der Waals surface area contributed by atoms with Crippen molar-refractivity contribution in [2.45, 2.75) is 31.7 Å². The molecule has 0 aromatic carbocycles. The van der Waals surface area contributed by atoms with E-state index in [9.17, 15) is 8.42 Å². The van der Waals surface area contributed by atoms with Gasteiger partial charge in [-0.1, -0.05) is 13.8 Å². The number of nitrogens with two attached hydrogens (primary N) is 1. The summed E-state index contributed by atoms with van der Waals surface area (Å²) >= 11 is 3.20. The topological polar surface area (TPSA) is 88.3 Å². The van der Waals surface area contributed by atoms with E-state index >= 15 is 0 Å². The van der Waals surface area contributed by atoms with Crippen LogP contribution in [0.2, 0.25) is 0 Å². The smallest absolute Gasteiger partial charge is 0.244 e. The summed E-state index contributed by atoms with van der Waals surface area (Å²) in [4.78, 5) is 5.99. The van der Waals surface area contributed by atoms with E-state index in [0.717, 1.165) is 13.1 Å². The number of nitrogens with one attached hydrogen (secondary N) is 1. The molecule has 0 bridgehead atoms. The van der Waals surface area contributed by atoms with Crippen LogP contribution in [0, 0.1) is 0 Å². The molecule has 0 spiro atoms. The van der Waals surface area contributed by atoms with Crippen LogP contribution in [0.15, 0.2) is 21.6 Å². The number of hydrogen-bond donors (Lipinski definition) is 2. The molecule has 0 saturated heterocycles. The van der Waals surface area contributed by atoms with Crippen LogP contribution in [0.1, 0.15) is 20.8 Å². The Morgan fingerprint density at radius 1 is 1.45 bits per heavy atom. The molecular weight excluding hydrogens is 344 g/mol. The molecule has 0 amide bonds. The predicted octanol–water partition coefficient (Wildman–Crippen LogP) is 1.43. The zero-order chi connectivity index (χ0) is 15.3. The third-order valence-corrected chi connectivity index (χ3v) is 4.97. The highest BCUT2D eigenvalue weighted by Crippen LogP contribution is 2.20. The number of anilines is 1. The summed E-state index contributed by atoms with van der Waals surface area (Å²) in [5, 5.41) is 0. The number of rotatable bonds is 7. The Bertz CT molecular complexity index is 546. The molecule has 0 saturated carbocycles. The second-order valence-electron chi connectivity index (χ2n) is 4.55. The molecule has 0 radical (unpaired) electrons. The summed E-state index contributed by atoms with van der Waals surface area (Å²) in [6, 6.07) is 1.24. The zero-order valence-corrected chi connectivity index (χ0v) is 14.3. The zero-order valence-electron chi connectivity index (χ0n) is 11.9. The maximum Gasteiger partial charge on any atom is 0.244 e. The highest BCUT2D eigenvalue weighted by Gasteiger charge is 2.22. The van der Waals surface area contributed by atoms with E-state index < -0.39 is 10.0 Å². The van der Waals surface area contributed by atoms with E-state index in [4.69, 9.17) is 5.73 Å². The van der Waals surface area contributed by atoms with Crippen LogP contribution in [0.5, 0.6) is 0 Å². The van der Waals surface area contributed by atoms with Gasteiger partial charge in [0.2, 0.25) is 10.0 Å². The molecule has 20 heavy (non-hydrogen) atoms. The van der Waals surface area contributed by atoms with E-state index in [2.05, 4.69) is 30.5 Å². The number of halogens is 1. The van der Waals surface area contributed by atoms with Gasteiger partial charge in [-0.3, -0.25) is 0 Å². The fourth-order valence-electron chi connectivity index (χ4n) is 1.88. The fourth-order valence-corrected chi connectivity index (χ4v) is 3.71. The average Bonchev–Trinajstić information content (AvgIpc) is 2.38. The van der Waals surface area contributed by atoms with Gasteiger partial charge < -0.3 is 10.6 Å². The Kier molecular flexibility index (Phi) is 6.38. The van der Waals surface area contributed by atoms with Crippen molar-refractivity contribution in [3.8, 4) is 0 Å². The van der Waals surface area contributed by atoms with Gasteiger partial charge in [0.05, 0.1) is 0 Å². The number of hydrogen-bond acceptors (Lipinski definition) is 5. The number of pyridine rings is 1. The molecule has 0 fully saturated rings. The summed E-state index contributed by atoms with van der Waals surface area (Å²) in [6.45, 7) is 8.32. The lowest BCUT2D eigenvalue weighted by Crippen LogP contribution is -2.42. The molecule has 1 aromatic heterocycles. The maximum absolute atomic E-state index is 12.3. The molecule has 1 unspecified atom stereocenters.